The summed E-state index contributed by atoms with van der Waals surface area (Å²) in [5.41, 5.74) is 3.45. The number of benzene rings is 2. The summed E-state index contributed by atoms with van der Waals surface area (Å²) in [4.78, 5) is 0. The van der Waals surface area contributed by atoms with Crippen molar-refractivity contribution in [2.75, 3.05) is 12.4 Å². The maximum absolute atomic E-state index is 6.48. The number of hydrogen-bond acceptors (Lipinski definition) is 2. The van der Waals surface area contributed by atoms with E-state index in [1.165, 1.54) is 5.56 Å². The van der Waals surface area contributed by atoms with Crippen molar-refractivity contribution in [2.45, 2.75) is 18.4 Å². The largest absolute Gasteiger partial charge is 0.495 e. The zero-order valence-corrected chi connectivity index (χ0v) is 14.2. The fraction of sp³-hybridized carbons (Fsp3) is 0.263. The van der Waals surface area contributed by atoms with Gasteiger partial charge in [0.05, 0.1) is 18.8 Å². The first-order valence-electron chi connectivity index (χ1n) is 7.74. The molecule has 0 amide bonds. The molecule has 4 heteroatoms. The average Bonchev–Trinajstić information content (AvgIpc) is 3.04. The second-order valence-corrected chi connectivity index (χ2v) is 6.91. The van der Waals surface area contributed by atoms with Crippen LogP contribution in [0.5, 0.6) is 5.75 Å². The minimum absolute atomic E-state index is 0.142. The van der Waals surface area contributed by atoms with E-state index in [0.29, 0.717) is 21.9 Å². The predicted octanol–water partition coefficient (Wildman–Crippen LogP) is 5.83. The van der Waals surface area contributed by atoms with Crippen molar-refractivity contribution < 1.29 is 4.74 Å². The normalized spacial score (nSPS) is 24.7. The van der Waals surface area contributed by atoms with Crippen LogP contribution in [0.1, 0.15) is 29.5 Å². The molecule has 118 valence electrons. The van der Waals surface area contributed by atoms with E-state index >= 15 is 0 Å². The zero-order chi connectivity index (χ0) is 16.0. The lowest BCUT2D eigenvalue weighted by molar-refractivity contribution is 0.397. The van der Waals surface area contributed by atoms with Gasteiger partial charge in [0.15, 0.2) is 0 Å². The first-order chi connectivity index (χ1) is 11.2. The van der Waals surface area contributed by atoms with Crippen LogP contribution in [-0.4, -0.2) is 7.11 Å². The zero-order valence-electron chi connectivity index (χ0n) is 12.7. The fourth-order valence-corrected chi connectivity index (χ4v) is 4.35. The fourth-order valence-electron chi connectivity index (χ4n) is 3.82. The summed E-state index contributed by atoms with van der Waals surface area (Å²) >= 11 is 12.5. The van der Waals surface area contributed by atoms with Crippen LogP contribution in [-0.2, 0) is 0 Å². The Morgan fingerprint density at radius 2 is 2.00 bits per heavy atom. The van der Waals surface area contributed by atoms with Crippen LogP contribution < -0.4 is 10.1 Å². The average molecular weight is 346 g/mol. The molecule has 0 saturated heterocycles. The number of fused-ring (bicyclic) bond motifs is 3. The van der Waals surface area contributed by atoms with E-state index in [4.69, 9.17) is 27.9 Å². The number of para-hydroxylation sites is 1. The Labute approximate surface area is 146 Å². The van der Waals surface area contributed by atoms with Crippen LogP contribution in [0.2, 0.25) is 10.0 Å². The van der Waals surface area contributed by atoms with E-state index in [-0.39, 0.29) is 6.04 Å². The Balaban J connectivity index is 1.83. The summed E-state index contributed by atoms with van der Waals surface area (Å²) in [6, 6.07) is 12.1. The molecule has 2 aromatic rings. The van der Waals surface area contributed by atoms with Crippen molar-refractivity contribution in [3.63, 3.8) is 0 Å². The van der Waals surface area contributed by atoms with E-state index in [1.807, 2.05) is 24.3 Å². The molecule has 1 N–H and O–H groups in total. The molecule has 3 atom stereocenters. The monoisotopic (exact) mass is 345 g/mol. The van der Waals surface area contributed by atoms with Crippen LogP contribution in [0.4, 0.5) is 5.69 Å². The van der Waals surface area contributed by atoms with Gasteiger partial charge < -0.3 is 10.1 Å². The van der Waals surface area contributed by atoms with Crippen molar-refractivity contribution in [3.05, 3.63) is 69.7 Å². The molecule has 0 spiro atoms. The topological polar surface area (TPSA) is 21.3 Å². The molecule has 0 saturated carbocycles. The quantitative estimate of drug-likeness (QED) is 0.691. The van der Waals surface area contributed by atoms with Gasteiger partial charge in [0.1, 0.15) is 5.75 Å². The number of allylic oxidation sites excluding steroid dienone is 2. The molecule has 2 nitrogen and oxygen atoms in total. The Bertz CT molecular complexity index is 787. The molecule has 23 heavy (non-hydrogen) atoms. The maximum Gasteiger partial charge on any atom is 0.142 e. The van der Waals surface area contributed by atoms with Crippen LogP contribution in [0, 0.1) is 5.92 Å². The smallest absolute Gasteiger partial charge is 0.142 e. The summed E-state index contributed by atoms with van der Waals surface area (Å²) in [6.45, 7) is 0. The van der Waals surface area contributed by atoms with Crippen molar-refractivity contribution in [1.82, 2.24) is 0 Å². The van der Waals surface area contributed by atoms with E-state index < -0.39 is 0 Å². The third-order valence-electron chi connectivity index (χ3n) is 4.88. The summed E-state index contributed by atoms with van der Waals surface area (Å²) in [5.74, 6) is 1.71. The second-order valence-electron chi connectivity index (χ2n) is 6.07. The van der Waals surface area contributed by atoms with Gasteiger partial charge in [-0.15, -0.1) is 0 Å². The van der Waals surface area contributed by atoms with Crippen LogP contribution in [0.15, 0.2) is 48.6 Å². The molecule has 2 aromatic carbocycles. The van der Waals surface area contributed by atoms with Gasteiger partial charge in [0.2, 0.25) is 0 Å². The Morgan fingerprint density at radius 3 is 2.78 bits per heavy atom. The molecule has 2 aliphatic rings. The number of rotatable bonds is 2. The molecule has 0 aromatic heterocycles. The van der Waals surface area contributed by atoms with Gasteiger partial charge in [-0.25, -0.2) is 0 Å². The Kier molecular flexibility index (Phi) is 3.74. The van der Waals surface area contributed by atoms with Gasteiger partial charge >= 0.3 is 0 Å². The minimum Gasteiger partial charge on any atom is -0.495 e. The molecule has 0 bridgehead atoms. The van der Waals surface area contributed by atoms with Crippen LogP contribution >= 0.6 is 23.2 Å². The van der Waals surface area contributed by atoms with Gasteiger partial charge in [-0.05, 0) is 41.7 Å². The number of halogens is 2. The van der Waals surface area contributed by atoms with Gasteiger partial charge in [-0.1, -0.05) is 53.6 Å². The highest BCUT2D eigenvalue weighted by atomic mass is 35.5. The van der Waals surface area contributed by atoms with Gasteiger partial charge in [-0.3, -0.25) is 0 Å². The number of nitrogens with one attached hydrogen (secondary N) is 1. The SMILES string of the molecule is COc1cccc2c1N[C@H](c1ccc(Cl)cc1Cl)[C@H]1CC=C[C@@H]21. The molecule has 0 unspecified atom stereocenters. The molecule has 1 aliphatic heterocycles. The number of ether oxygens (including phenoxy) is 1. The van der Waals surface area contributed by atoms with Gasteiger partial charge in [-0.2, -0.15) is 0 Å². The molecule has 1 aliphatic carbocycles. The third-order valence-corrected chi connectivity index (χ3v) is 5.44. The van der Waals surface area contributed by atoms with Crippen LogP contribution in [0.3, 0.4) is 0 Å². The molecular weight excluding hydrogens is 329 g/mol. The Hall–Kier alpha value is -1.64. The lowest BCUT2D eigenvalue weighted by atomic mass is 9.77. The second kappa shape index (κ2) is 5.77. The van der Waals surface area contributed by atoms with Gasteiger partial charge in [0.25, 0.3) is 0 Å². The third kappa shape index (κ3) is 2.41. The first kappa shape index (κ1) is 14.9. The maximum atomic E-state index is 6.48. The van der Waals surface area contributed by atoms with E-state index in [9.17, 15) is 0 Å². The molecule has 1 heterocycles. The summed E-state index contributed by atoms with van der Waals surface area (Å²) < 4.78 is 5.55. The van der Waals surface area contributed by atoms with Crippen molar-refractivity contribution in [2.24, 2.45) is 5.92 Å². The summed E-state index contributed by atoms with van der Waals surface area (Å²) in [5, 5.41) is 5.04. The molecule has 0 radical (unpaired) electrons. The highest BCUT2D eigenvalue weighted by Gasteiger charge is 2.39. The minimum atomic E-state index is 0.142. The van der Waals surface area contributed by atoms with Crippen LogP contribution in [0.25, 0.3) is 0 Å². The number of methoxy groups -OCH3 is 1. The summed E-state index contributed by atoms with van der Waals surface area (Å²) in [6.07, 6.45) is 5.61. The molecule has 0 fully saturated rings. The Morgan fingerprint density at radius 1 is 1.13 bits per heavy atom. The van der Waals surface area contributed by atoms with E-state index in [0.717, 1.165) is 23.4 Å². The highest BCUT2D eigenvalue weighted by molar-refractivity contribution is 6.35. The van der Waals surface area contributed by atoms with Crippen molar-refractivity contribution in [3.8, 4) is 5.75 Å². The summed E-state index contributed by atoms with van der Waals surface area (Å²) in [7, 11) is 1.71. The first-order valence-corrected chi connectivity index (χ1v) is 8.49. The lowest BCUT2D eigenvalue weighted by Crippen LogP contribution is -2.29. The number of hydrogen-bond donors (Lipinski definition) is 1. The van der Waals surface area contributed by atoms with E-state index in [2.05, 4.69) is 29.6 Å². The van der Waals surface area contributed by atoms with E-state index in [1.54, 1.807) is 7.11 Å². The standard InChI is InChI=1S/C19H17Cl2NO/c1-23-17-7-3-6-14-12-4-2-5-13(12)18(22-19(14)17)15-9-8-11(20)10-16(15)21/h2-4,6-10,12-13,18,22H,5H2,1H3/t12-,13+,18+/m1/s1. The van der Waals surface area contributed by atoms with Gasteiger partial charge in [0, 0.05) is 16.0 Å². The number of anilines is 1. The predicted molar refractivity (Wildman–Crippen MR) is 95.8 cm³/mol. The van der Waals surface area contributed by atoms with Crippen molar-refractivity contribution >= 4 is 28.9 Å². The highest BCUT2D eigenvalue weighted by Crippen LogP contribution is 2.52. The molecular formula is C19H17Cl2NO. The van der Waals surface area contributed by atoms with Crippen molar-refractivity contribution in [1.29, 1.82) is 0 Å². The lowest BCUT2D eigenvalue weighted by Gasteiger charge is -2.38. The molecule has 4 rings (SSSR count).